The van der Waals surface area contributed by atoms with Gasteiger partial charge in [-0.25, -0.2) is 9.18 Å². The summed E-state index contributed by atoms with van der Waals surface area (Å²) in [4.78, 5) is 25.2. The summed E-state index contributed by atoms with van der Waals surface area (Å²) < 4.78 is 16.6. The molecule has 36 heavy (non-hydrogen) atoms. The van der Waals surface area contributed by atoms with Gasteiger partial charge in [0.2, 0.25) is 5.91 Å². The quantitative estimate of drug-likeness (QED) is 0.554. The van der Waals surface area contributed by atoms with Crippen molar-refractivity contribution in [1.82, 2.24) is 25.4 Å². The van der Waals surface area contributed by atoms with Gasteiger partial charge in [0, 0.05) is 37.0 Å². The third kappa shape index (κ3) is 4.72. The van der Waals surface area contributed by atoms with E-state index in [1.165, 1.54) is 25.3 Å². The Hall–Kier alpha value is -2.97. The Balaban J connectivity index is 1.03. The highest BCUT2D eigenvalue weighted by molar-refractivity contribution is 5.92. The van der Waals surface area contributed by atoms with Gasteiger partial charge < -0.3 is 20.5 Å². The lowest BCUT2D eigenvalue weighted by Gasteiger charge is -2.56. The van der Waals surface area contributed by atoms with Crippen molar-refractivity contribution in [2.24, 2.45) is 17.8 Å². The molecule has 1 aliphatic heterocycles. The van der Waals surface area contributed by atoms with Gasteiger partial charge in [0.05, 0.1) is 5.69 Å². The Bertz CT molecular complexity index is 1130. The second-order valence-electron chi connectivity index (χ2n) is 11.5. The highest BCUT2D eigenvalue weighted by atomic mass is 19.1. The van der Waals surface area contributed by atoms with Crippen LogP contribution in [0.4, 0.5) is 14.9 Å². The van der Waals surface area contributed by atoms with Crippen LogP contribution in [0.5, 0.6) is 0 Å². The molecule has 0 atom stereocenters. The molecule has 1 aromatic carbocycles. The fourth-order valence-electron chi connectivity index (χ4n) is 7.51. The number of carbonyl (C=O) groups is 2. The Morgan fingerprint density at radius 3 is 2.53 bits per heavy atom. The van der Waals surface area contributed by atoms with Crippen molar-refractivity contribution in [1.29, 1.82) is 0 Å². The Morgan fingerprint density at radius 2 is 1.78 bits per heavy atom. The van der Waals surface area contributed by atoms with Gasteiger partial charge in [-0.1, -0.05) is 6.42 Å². The Kier molecular flexibility index (Phi) is 6.17. The molecule has 0 unspecified atom stereocenters. The van der Waals surface area contributed by atoms with E-state index in [9.17, 15) is 14.0 Å². The summed E-state index contributed by atoms with van der Waals surface area (Å²) in [6, 6.07) is 4.43. The Morgan fingerprint density at radius 1 is 1.03 bits per heavy atom. The van der Waals surface area contributed by atoms with E-state index in [1.807, 2.05) is 0 Å². The zero-order valence-electron chi connectivity index (χ0n) is 20.7. The SMILES string of the molecule is O=C(CCNC(=O)NC12CC3CC(CC(C3)C1)C2)Nc1cc(-c2nnc3n2CCCCC3)ccc1F. The predicted molar refractivity (Wildman–Crippen MR) is 134 cm³/mol. The van der Waals surface area contributed by atoms with Gasteiger partial charge in [0.25, 0.3) is 0 Å². The van der Waals surface area contributed by atoms with Crippen LogP contribution in [0.1, 0.15) is 70.0 Å². The molecule has 3 N–H and O–H groups in total. The number of aryl methyl sites for hydroxylation is 1. The van der Waals surface area contributed by atoms with Crippen molar-refractivity contribution in [2.45, 2.75) is 82.7 Å². The number of nitrogens with one attached hydrogen (secondary N) is 3. The molecule has 0 spiro atoms. The average molecular weight is 495 g/mol. The van der Waals surface area contributed by atoms with E-state index in [0.29, 0.717) is 5.82 Å². The molecule has 0 radical (unpaired) electrons. The predicted octanol–water partition coefficient (Wildman–Crippen LogP) is 4.41. The molecule has 7 rings (SSSR count). The van der Waals surface area contributed by atoms with E-state index in [4.69, 9.17) is 0 Å². The second-order valence-corrected chi connectivity index (χ2v) is 11.5. The summed E-state index contributed by atoms with van der Waals surface area (Å²) in [7, 11) is 0. The van der Waals surface area contributed by atoms with Crippen LogP contribution in [0.25, 0.3) is 11.4 Å². The lowest BCUT2D eigenvalue weighted by Crippen LogP contribution is -2.61. The molecule has 4 aliphatic carbocycles. The monoisotopic (exact) mass is 494 g/mol. The van der Waals surface area contributed by atoms with Crippen molar-refractivity contribution >= 4 is 17.6 Å². The van der Waals surface area contributed by atoms with E-state index in [1.54, 1.807) is 12.1 Å². The molecule has 1 aromatic heterocycles. The third-order valence-electron chi connectivity index (χ3n) is 8.66. The number of carbonyl (C=O) groups excluding carboxylic acids is 2. The largest absolute Gasteiger partial charge is 0.338 e. The fourth-order valence-corrected chi connectivity index (χ4v) is 7.51. The molecule has 192 valence electrons. The van der Waals surface area contributed by atoms with Gasteiger partial charge >= 0.3 is 6.03 Å². The van der Waals surface area contributed by atoms with Crippen LogP contribution in [-0.2, 0) is 17.8 Å². The number of aromatic nitrogens is 3. The molecule has 5 aliphatic rings. The van der Waals surface area contributed by atoms with Gasteiger partial charge in [-0.3, -0.25) is 4.79 Å². The zero-order chi connectivity index (χ0) is 24.7. The zero-order valence-corrected chi connectivity index (χ0v) is 20.7. The maximum atomic E-state index is 14.5. The van der Waals surface area contributed by atoms with Crippen molar-refractivity contribution < 1.29 is 14.0 Å². The first-order chi connectivity index (χ1) is 17.5. The minimum atomic E-state index is -0.504. The molecular weight excluding hydrogens is 459 g/mol. The normalized spacial score (nSPS) is 28.3. The summed E-state index contributed by atoms with van der Waals surface area (Å²) in [6.45, 7) is 1.04. The smallest absolute Gasteiger partial charge is 0.315 e. The number of urea groups is 1. The average Bonchev–Trinajstić information content (AvgIpc) is 3.07. The van der Waals surface area contributed by atoms with Gasteiger partial charge in [-0.2, -0.15) is 0 Å². The van der Waals surface area contributed by atoms with Crippen molar-refractivity contribution in [3.63, 3.8) is 0 Å². The summed E-state index contributed by atoms with van der Waals surface area (Å²) in [5.74, 6) is 3.05. The summed E-state index contributed by atoms with van der Waals surface area (Å²) in [5.41, 5.74) is 0.770. The molecule has 8 nitrogen and oxygen atoms in total. The molecule has 4 bridgehead atoms. The lowest BCUT2D eigenvalue weighted by molar-refractivity contribution is -0.116. The summed E-state index contributed by atoms with van der Waals surface area (Å²) in [6.07, 6.45) is 11.5. The van der Waals surface area contributed by atoms with Crippen LogP contribution >= 0.6 is 0 Å². The number of rotatable bonds is 6. The number of fused-ring (bicyclic) bond motifs is 1. The molecule has 2 heterocycles. The van der Waals surface area contributed by atoms with E-state index in [0.717, 1.165) is 80.6 Å². The number of nitrogens with zero attached hydrogens (tertiary/aromatic N) is 3. The van der Waals surface area contributed by atoms with Crippen LogP contribution in [0.2, 0.25) is 0 Å². The van der Waals surface area contributed by atoms with Crippen LogP contribution in [-0.4, -0.2) is 38.8 Å². The first kappa shape index (κ1) is 23.4. The van der Waals surface area contributed by atoms with Gasteiger partial charge in [-0.05, 0) is 87.3 Å². The minimum absolute atomic E-state index is 0.0649. The first-order valence-electron chi connectivity index (χ1n) is 13.5. The Labute approximate surface area is 210 Å². The van der Waals surface area contributed by atoms with Gasteiger partial charge in [-0.15, -0.1) is 10.2 Å². The van der Waals surface area contributed by atoms with Gasteiger partial charge in [0.15, 0.2) is 5.82 Å². The topological polar surface area (TPSA) is 101 Å². The molecule has 9 heteroatoms. The van der Waals surface area contributed by atoms with Crippen LogP contribution in [0.15, 0.2) is 18.2 Å². The first-order valence-corrected chi connectivity index (χ1v) is 13.5. The summed E-state index contributed by atoms with van der Waals surface area (Å²) in [5, 5.41) is 17.4. The number of anilines is 1. The fraction of sp³-hybridized carbons (Fsp3) is 0.630. The van der Waals surface area contributed by atoms with E-state index < -0.39 is 5.82 Å². The number of halogens is 1. The molecule has 4 fully saturated rings. The van der Waals surface area contributed by atoms with Gasteiger partial charge in [0.1, 0.15) is 11.6 Å². The second kappa shape index (κ2) is 9.48. The van der Waals surface area contributed by atoms with E-state index >= 15 is 0 Å². The highest BCUT2D eigenvalue weighted by Crippen LogP contribution is 2.55. The molecule has 4 saturated carbocycles. The van der Waals surface area contributed by atoms with Crippen LogP contribution < -0.4 is 16.0 Å². The van der Waals surface area contributed by atoms with E-state index in [-0.39, 0.29) is 36.1 Å². The minimum Gasteiger partial charge on any atom is -0.338 e. The molecule has 0 saturated heterocycles. The van der Waals surface area contributed by atoms with Crippen LogP contribution in [0, 0.1) is 23.6 Å². The maximum absolute atomic E-state index is 14.5. The standard InChI is InChI=1S/C27H35FN6O2/c28-21-6-5-20(25-33-32-23-4-2-1-3-9-34(23)25)13-22(21)30-24(35)7-8-29-26(36)31-27-14-17-10-18(15-27)12-19(11-17)16-27/h5-6,13,17-19H,1-4,7-12,14-16H2,(H,30,35)(H2,29,31,36). The third-order valence-corrected chi connectivity index (χ3v) is 8.66. The molecule has 3 amide bonds. The molecular formula is C27H35FN6O2. The van der Waals surface area contributed by atoms with Crippen molar-refractivity contribution in [3.05, 3.63) is 29.8 Å². The van der Waals surface area contributed by atoms with Crippen molar-refractivity contribution in [2.75, 3.05) is 11.9 Å². The number of amides is 3. The highest BCUT2D eigenvalue weighted by Gasteiger charge is 2.51. The molecule has 2 aromatic rings. The summed E-state index contributed by atoms with van der Waals surface area (Å²) >= 11 is 0. The van der Waals surface area contributed by atoms with Crippen molar-refractivity contribution in [3.8, 4) is 11.4 Å². The number of hydrogen-bond donors (Lipinski definition) is 3. The number of hydrogen-bond acceptors (Lipinski definition) is 4. The van der Waals surface area contributed by atoms with E-state index in [2.05, 4.69) is 30.7 Å². The maximum Gasteiger partial charge on any atom is 0.315 e. The van der Waals surface area contributed by atoms with Crippen LogP contribution in [0.3, 0.4) is 0 Å². The lowest BCUT2D eigenvalue weighted by atomic mass is 9.53. The number of benzene rings is 1.